The van der Waals surface area contributed by atoms with E-state index in [0.717, 1.165) is 29.2 Å². The van der Waals surface area contributed by atoms with E-state index in [1.165, 1.54) is 128 Å². The largest absolute Gasteiger partial charge is 0.436 e. The lowest BCUT2D eigenvalue weighted by Gasteiger charge is -2.56. The molecule has 7 heteroatoms. The van der Waals surface area contributed by atoms with E-state index >= 15 is 0 Å². The van der Waals surface area contributed by atoms with E-state index in [-0.39, 0.29) is 0 Å². The molecule has 2 saturated heterocycles. The summed E-state index contributed by atoms with van der Waals surface area (Å²) in [6.07, 6.45) is 30.7. The van der Waals surface area contributed by atoms with Gasteiger partial charge < -0.3 is 17.7 Å². The molecule has 0 aromatic heterocycles. The molecule has 2 radical (unpaired) electrons. The number of epoxide rings is 2. The first kappa shape index (κ1) is 28.9. The highest BCUT2D eigenvalue weighted by Crippen LogP contribution is 2.76. The molecule has 2 aliphatic heterocycles. The van der Waals surface area contributed by atoms with Gasteiger partial charge in [-0.1, -0.05) is 51.4 Å². The molecule has 0 amide bonds. The highest BCUT2D eigenvalue weighted by atomic mass is 28.5. The van der Waals surface area contributed by atoms with Crippen molar-refractivity contribution in [3.63, 3.8) is 0 Å². The van der Waals surface area contributed by atoms with Gasteiger partial charge in [-0.2, -0.15) is 0 Å². The van der Waals surface area contributed by atoms with Crippen LogP contribution in [-0.4, -0.2) is 51.1 Å². The van der Waals surface area contributed by atoms with Gasteiger partial charge >= 0.3 is 8.56 Å². The zero-order chi connectivity index (χ0) is 27.8. The lowest BCUT2D eigenvalue weighted by molar-refractivity contribution is 0.248. The minimum atomic E-state index is -2.43. The summed E-state index contributed by atoms with van der Waals surface area (Å²) in [4.78, 5) is 0. The monoisotopic (exact) mass is 614 g/mol. The van der Waals surface area contributed by atoms with Crippen LogP contribution in [0.1, 0.15) is 128 Å². The zero-order valence-corrected chi connectivity index (χ0v) is 29.5. The fourth-order valence-corrected chi connectivity index (χ4v) is 25.9. The van der Waals surface area contributed by atoms with Crippen LogP contribution in [-0.2, 0) is 17.7 Å². The Morgan fingerprint density at radius 3 is 1.54 bits per heavy atom. The summed E-state index contributed by atoms with van der Waals surface area (Å²) in [6.45, 7) is 7.52. The number of fused-ring (bicyclic) bond motifs is 6. The Kier molecular flexibility index (Phi) is 7.82. The molecule has 4 bridgehead atoms. The van der Waals surface area contributed by atoms with Gasteiger partial charge in [0.15, 0.2) is 18.1 Å². The van der Waals surface area contributed by atoms with Crippen LogP contribution in [0.4, 0.5) is 0 Å². The van der Waals surface area contributed by atoms with E-state index in [4.69, 9.17) is 17.7 Å². The van der Waals surface area contributed by atoms with E-state index in [9.17, 15) is 0 Å². The molecule has 8 fully saturated rings. The lowest BCUT2D eigenvalue weighted by atomic mass is 9.83. The molecule has 6 atom stereocenters. The number of ether oxygens (including phenoxy) is 2. The summed E-state index contributed by atoms with van der Waals surface area (Å²) in [5.74, 6) is 3.71. The first-order valence-electron chi connectivity index (χ1n) is 18.2. The molecule has 230 valence electrons. The molecule has 0 N–H and O–H groups in total. The van der Waals surface area contributed by atoms with Gasteiger partial charge in [0.05, 0.1) is 24.4 Å². The molecule has 0 aromatic carbocycles. The van der Waals surface area contributed by atoms with Crippen molar-refractivity contribution in [2.24, 2.45) is 23.7 Å². The second-order valence-corrected chi connectivity index (χ2v) is 25.7. The Bertz CT molecular complexity index is 882. The molecule has 6 unspecified atom stereocenters. The van der Waals surface area contributed by atoms with Crippen molar-refractivity contribution >= 4 is 26.6 Å². The predicted molar refractivity (Wildman–Crippen MR) is 170 cm³/mol. The molecule has 6 saturated carbocycles. The van der Waals surface area contributed by atoms with E-state index in [2.05, 4.69) is 19.6 Å². The molecule has 0 spiro atoms. The van der Waals surface area contributed by atoms with Gasteiger partial charge in [-0.15, -0.1) is 0 Å². The van der Waals surface area contributed by atoms with Gasteiger partial charge in [0.25, 0.3) is 0 Å². The fraction of sp³-hybridized carbons (Fsp3) is 1.00. The smallest absolute Gasteiger partial charge is 0.330 e. The minimum absolute atomic E-state index is 0.429. The highest BCUT2D eigenvalue weighted by Gasteiger charge is 2.74. The minimum Gasteiger partial charge on any atom is -0.436 e. The summed E-state index contributed by atoms with van der Waals surface area (Å²) >= 11 is 0. The van der Waals surface area contributed by atoms with Crippen molar-refractivity contribution in [2.75, 3.05) is 0 Å². The SMILES string of the molecule is C[Si](C)O[Si](O[Si](C)C(CCC1CCC2OC2C1)CCC1CCC2OC2C1)(C12CCC(CC1)C2)C12CCC(CC1)C2. The van der Waals surface area contributed by atoms with E-state index in [1.807, 2.05) is 0 Å². The normalized spacial score (nSPS) is 47.9. The van der Waals surface area contributed by atoms with Crippen LogP contribution in [0, 0.1) is 23.7 Å². The van der Waals surface area contributed by atoms with E-state index in [1.54, 1.807) is 0 Å². The zero-order valence-electron chi connectivity index (χ0n) is 26.5. The second kappa shape index (κ2) is 11.1. The highest BCUT2D eigenvalue weighted by molar-refractivity contribution is 6.84. The summed E-state index contributed by atoms with van der Waals surface area (Å²) in [6, 6.07) is 0. The Hall–Kier alpha value is 0.491. The molecular weight excluding hydrogens is 557 g/mol. The van der Waals surface area contributed by atoms with Crippen LogP contribution in [0.5, 0.6) is 0 Å². The van der Waals surface area contributed by atoms with Crippen LogP contribution in [0.25, 0.3) is 0 Å². The van der Waals surface area contributed by atoms with Crippen molar-refractivity contribution in [2.45, 2.75) is 188 Å². The maximum Gasteiger partial charge on any atom is 0.330 e. The number of hydrogen-bond donors (Lipinski definition) is 0. The molecule has 0 aromatic rings. The van der Waals surface area contributed by atoms with Crippen molar-refractivity contribution in [1.29, 1.82) is 0 Å². The molecule has 8 rings (SSSR count). The van der Waals surface area contributed by atoms with E-state index < -0.39 is 26.6 Å². The van der Waals surface area contributed by atoms with Crippen LogP contribution in [0.2, 0.25) is 35.3 Å². The third-order valence-corrected chi connectivity index (χ3v) is 25.3. The van der Waals surface area contributed by atoms with Crippen molar-refractivity contribution in [3.8, 4) is 0 Å². The van der Waals surface area contributed by atoms with Crippen molar-refractivity contribution < 1.29 is 17.7 Å². The van der Waals surface area contributed by atoms with Gasteiger partial charge in [-0.25, -0.2) is 0 Å². The van der Waals surface area contributed by atoms with Crippen LogP contribution in [0.3, 0.4) is 0 Å². The summed E-state index contributed by atoms with van der Waals surface area (Å²) in [5.41, 5.74) is 0.778. The Morgan fingerprint density at radius 1 is 0.659 bits per heavy atom. The van der Waals surface area contributed by atoms with Gasteiger partial charge in [0, 0.05) is 10.1 Å². The van der Waals surface area contributed by atoms with Gasteiger partial charge in [-0.3, -0.25) is 0 Å². The first-order valence-corrected chi connectivity index (χ1v) is 24.4. The van der Waals surface area contributed by atoms with Crippen LogP contribution >= 0.6 is 0 Å². The van der Waals surface area contributed by atoms with E-state index in [0.29, 0.717) is 34.5 Å². The molecule has 2 heterocycles. The topological polar surface area (TPSA) is 43.5 Å². The Morgan fingerprint density at radius 2 is 1.15 bits per heavy atom. The number of hydrogen-bond acceptors (Lipinski definition) is 4. The predicted octanol–water partition coefficient (Wildman–Crippen LogP) is 9.07. The number of rotatable bonds is 13. The fourth-order valence-electron chi connectivity index (χ4n) is 11.8. The van der Waals surface area contributed by atoms with Crippen molar-refractivity contribution in [3.05, 3.63) is 0 Å². The lowest BCUT2D eigenvalue weighted by Crippen LogP contribution is -2.64. The van der Waals surface area contributed by atoms with Crippen molar-refractivity contribution in [1.82, 2.24) is 0 Å². The first-order chi connectivity index (χ1) is 19.9. The Balaban J connectivity index is 1.05. The second-order valence-electron chi connectivity index (χ2n) is 16.8. The standard InChI is InChI=1S/C34H58O4Si3/c1-39(2)37-41(33-16-12-26(22-33)13-17-33,34-18-14-27(23-34)15-19-34)38-40(3)28(8-4-24-6-10-29-31(20-24)35-29)9-5-25-7-11-30-32(21-25)36-30/h24-32H,4-23H2,1-3H3. The molecule has 8 aliphatic rings. The third kappa shape index (κ3) is 5.29. The van der Waals surface area contributed by atoms with Crippen LogP contribution < -0.4 is 0 Å². The summed E-state index contributed by atoms with van der Waals surface area (Å²) < 4.78 is 27.7. The van der Waals surface area contributed by atoms with Crippen LogP contribution in [0.15, 0.2) is 0 Å². The quantitative estimate of drug-likeness (QED) is 0.153. The Labute approximate surface area is 255 Å². The molecule has 4 nitrogen and oxygen atoms in total. The average Bonchev–Trinajstić information content (AvgIpc) is 3.65. The van der Waals surface area contributed by atoms with Gasteiger partial charge in [0.2, 0.25) is 0 Å². The summed E-state index contributed by atoms with van der Waals surface area (Å²) in [7, 11) is -4.23. The molecule has 6 aliphatic carbocycles. The molecular formula is C34H58O4Si3. The maximum atomic E-state index is 8.15. The summed E-state index contributed by atoms with van der Waals surface area (Å²) in [5, 5.41) is 0.859. The average molecular weight is 615 g/mol. The van der Waals surface area contributed by atoms with Gasteiger partial charge in [-0.05, 0) is 126 Å². The van der Waals surface area contributed by atoms with Gasteiger partial charge in [0.1, 0.15) is 0 Å². The molecule has 41 heavy (non-hydrogen) atoms. The maximum absolute atomic E-state index is 8.15. The third-order valence-electron chi connectivity index (χ3n) is 14.2.